The number of aromatic nitrogens is 1. The van der Waals surface area contributed by atoms with Crippen LogP contribution in [0, 0.1) is 11.6 Å². The maximum Gasteiger partial charge on any atom is 0.135 e. The molecule has 0 fully saturated rings. The van der Waals surface area contributed by atoms with E-state index in [9.17, 15) is 8.78 Å². The van der Waals surface area contributed by atoms with Crippen molar-refractivity contribution in [3.8, 4) is 0 Å². The predicted octanol–water partition coefficient (Wildman–Crippen LogP) is 3.17. The van der Waals surface area contributed by atoms with Crippen molar-refractivity contribution in [3.63, 3.8) is 0 Å². The van der Waals surface area contributed by atoms with Gasteiger partial charge in [0.15, 0.2) is 0 Å². The Morgan fingerprint density at radius 3 is 2.86 bits per heavy atom. The third kappa shape index (κ3) is 1.31. The molecule has 2 aromatic rings. The van der Waals surface area contributed by atoms with Crippen molar-refractivity contribution in [1.29, 1.82) is 0 Å². The predicted molar refractivity (Wildman–Crippen MR) is 52.1 cm³/mol. The Morgan fingerprint density at radius 2 is 2.14 bits per heavy atom. The van der Waals surface area contributed by atoms with Gasteiger partial charge < -0.3 is 4.98 Å². The highest BCUT2D eigenvalue weighted by Crippen LogP contribution is 2.23. The summed E-state index contributed by atoms with van der Waals surface area (Å²) in [5.41, 5.74) is 1.28. The molecule has 0 atom stereocenters. The van der Waals surface area contributed by atoms with Gasteiger partial charge in [-0.25, -0.2) is 8.78 Å². The molecule has 0 saturated carbocycles. The second-order valence-corrected chi connectivity index (χ2v) is 3.12. The zero-order valence-electron chi connectivity index (χ0n) is 7.48. The highest BCUT2D eigenvalue weighted by molar-refractivity contribution is 5.84. The fourth-order valence-corrected chi connectivity index (χ4v) is 1.57. The average molecular weight is 193 g/mol. The summed E-state index contributed by atoms with van der Waals surface area (Å²) in [6, 6.07) is 2.17. The number of hydrogen-bond donors (Lipinski definition) is 1. The maximum absolute atomic E-state index is 13.4. The van der Waals surface area contributed by atoms with Crippen LogP contribution in [0.4, 0.5) is 8.78 Å². The van der Waals surface area contributed by atoms with Gasteiger partial charge in [0, 0.05) is 17.6 Å². The number of benzene rings is 1. The number of fused-ring (bicyclic) bond motifs is 1. The topological polar surface area (TPSA) is 15.8 Å². The summed E-state index contributed by atoms with van der Waals surface area (Å²) in [7, 11) is 0. The van der Waals surface area contributed by atoms with E-state index in [1.165, 1.54) is 6.07 Å². The average Bonchev–Trinajstić information content (AvgIpc) is 2.49. The highest BCUT2D eigenvalue weighted by Gasteiger charge is 2.09. The Bertz CT molecular complexity index is 485. The molecule has 2 rings (SSSR count). The quantitative estimate of drug-likeness (QED) is 0.705. The Kier molecular flexibility index (Phi) is 2.08. The summed E-state index contributed by atoms with van der Waals surface area (Å²) < 4.78 is 26.2. The third-order valence-electron chi connectivity index (χ3n) is 2.14. The van der Waals surface area contributed by atoms with Gasteiger partial charge in [0.05, 0.1) is 5.52 Å². The molecule has 0 aliphatic rings. The van der Waals surface area contributed by atoms with Gasteiger partial charge in [0.1, 0.15) is 11.6 Å². The van der Waals surface area contributed by atoms with Crippen LogP contribution in [0.15, 0.2) is 31.0 Å². The molecule has 1 aromatic heterocycles. The largest absolute Gasteiger partial charge is 0.361 e. The number of allylic oxidation sites excluding steroid dienone is 1. The maximum atomic E-state index is 13.4. The molecule has 0 aliphatic heterocycles. The van der Waals surface area contributed by atoms with E-state index in [0.29, 0.717) is 17.3 Å². The van der Waals surface area contributed by atoms with Crippen molar-refractivity contribution in [2.45, 2.75) is 6.42 Å². The van der Waals surface area contributed by atoms with Gasteiger partial charge in [-0.3, -0.25) is 0 Å². The van der Waals surface area contributed by atoms with E-state index in [-0.39, 0.29) is 0 Å². The molecule has 0 unspecified atom stereocenters. The van der Waals surface area contributed by atoms with Crippen LogP contribution in [0.3, 0.4) is 0 Å². The van der Waals surface area contributed by atoms with E-state index >= 15 is 0 Å². The lowest BCUT2D eigenvalue weighted by Crippen LogP contribution is -1.84. The van der Waals surface area contributed by atoms with Gasteiger partial charge >= 0.3 is 0 Å². The van der Waals surface area contributed by atoms with Crippen LogP contribution in [0.25, 0.3) is 10.9 Å². The first kappa shape index (κ1) is 8.94. The van der Waals surface area contributed by atoms with Crippen LogP contribution in [0.1, 0.15) is 5.56 Å². The number of rotatable bonds is 2. The molecule has 0 bridgehead atoms. The lowest BCUT2D eigenvalue weighted by Gasteiger charge is -1.96. The van der Waals surface area contributed by atoms with Crippen LogP contribution in [-0.2, 0) is 6.42 Å². The standard InChI is InChI=1S/C11H9F2N/c1-2-3-7-6-14-10-5-8(12)4-9(13)11(7)10/h2,4-6,14H,1,3H2. The molecule has 72 valence electrons. The minimum absolute atomic E-state index is 0.450. The van der Waals surface area contributed by atoms with E-state index in [0.717, 1.165) is 11.6 Å². The van der Waals surface area contributed by atoms with Crippen LogP contribution >= 0.6 is 0 Å². The Labute approximate surface area is 80.1 Å². The van der Waals surface area contributed by atoms with Crippen LogP contribution < -0.4 is 0 Å². The first-order valence-corrected chi connectivity index (χ1v) is 4.28. The van der Waals surface area contributed by atoms with Crippen molar-refractivity contribution >= 4 is 10.9 Å². The number of H-pyrrole nitrogens is 1. The zero-order chi connectivity index (χ0) is 10.1. The molecule has 0 spiro atoms. The molecule has 0 aliphatic carbocycles. The molecule has 1 heterocycles. The number of nitrogens with one attached hydrogen (secondary N) is 1. The van der Waals surface area contributed by atoms with E-state index < -0.39 is 11.6 Å². The van der Waals surface area contributed by atoms with Crippen molar-refractivity contribution in [1.82, 2.24) is 4.98 Å². The van der Waals surface area contributed by atoms with Crippen LogP contribution in [0.5, 0.6) is 0 Å². The molecule has 1 nitrogen and oxygen atoms in total. The lowest BCUT2D eigenvalue weighted by atomic mass is 10.1. The van der Waals surface area contributed by atoms with Crippen LogP contribution in [-0.4, -0.2) is 4.98 Å². The van der Waals surface area contributed by atoms with E-state index in [4.69, 9.17) is 0 Å². The monoisotopic (exact) mass is 193 g/mol. The third-order valence-corrected chi connectivity index (χ3v) is 2.14. The summed E-state index contributed by atoms with van der Waals surface area (Å²) in [6.45, 7) is 3.58. The second kappa shape index (κ2) is 3.25. The Balaban J connectivity index is 2.72. The SMILES string of the molecule is C=CCc1c[nH]c2cc(F)cc(F)c12. The molecule has 14 heavy (non-hydrogen) atoms. The lowest BCUT2D eigenvalue weighted by molar-refractivity contribution is 0.591. The molecular formula is C11H9F2N. The van der Waals surface area contributed by atoms with Crippen LogP contribution in [0.2, 0.25) is 0 Å². The van der Waals surface area contributed by atoms with Gasteiger partial charge in [0.25, 0.3) is 0 Å². The smallest absolute Gasteiger partial charge is 0.135 e. The molecule has 0 saturated heterocycles. The number of aromatic amines is 1. The van der Waals surface area contributed by atoms with E-state index in [2.05, 4.69) is 11.6 Å². The molecule has 1 N–H and O–H groups in total. The summed E-state index contributed by atoms with van der Waals surface area (Å²) >= 11 is 0. The van der Waals surface area contributed by atoms with Crippen molar-refractivity contribution in [2.75, 3.05) is 0 Å². The zero-order valence-corrected chi connectivity index (χ0v) is 7.48. The van der Waals surface area contributed by atoms with Crippen molar-refractivity contribution < 1.29 is 8.78 Å². The Morgan fingerprint density at radius 1 is 1.36 bits per heavy atom. The van der Waals surface area contributed by atoms with Gasteiger partial charge in [-0.1, -0.05) is 6.08 Å². The molecule has 1 aromatic carbocycles. The highest BCUT2D eigenvalue weighted by atomic mass is 19.1. The number of hydrogen-bond acceptors (Lipinski definition) is 0. The van der Waals surface area contributed by atoms with E-state index in [1.807, 2.05) is 0 Å². The normalized spacial score (nSPS) is 10.7. The minimum atomic E-state index is -0.568. The van der Waals surface area contributed by atoms with Gasteiger partial charge in [-0.05, 0) is 18.1 Å². The van der Waals surface area contributed by atoms with E-state index in [1.54, 1.807) is 12.3 Å². The molecule has 0 amide bonds. The van der Waals surface area contributed by atoms with Crippen molar-refractivity contribution in [2.24, 2.45) is 0 Å². The fraction of sp³-hybridized carbons (Fsp3) is 0.0909. The van der Waals surface area contributed by atoms with Gasteiger partial charge in [0.2, 0.25) is 0 Å². The van der Waals surface area contributed by atoms with Crippen molar-refractivity contribution in [3.05, 3.63) is 48.2 Å². The summed E-state index contributed by atoms with van der Waals surface area (Å²) in [4.78, 5) is 2.83. The first-order valence-electron chi connectivity index (χ1n) is 4.28. The van der Waals surface area contributed by atoms with Gasteiger partial charge in [-0.2, -0.15) is 0 Å². The molecule has 0 radical (unpaired) electrons. The summed E-state index contributed by atoms with van der Waals surface area (Å²) in [5.74, 6) is -1.10. The Hall–Kier alpha value is -1.64. The minimum Gasteiger partial charge on any atom is -0.361 e. The number of halogens is 2. The molecular weight excluding hydrogens is 184 g/mol. The fourth-order valence-electron chi connectivity index (χ4n) is 1.57. The molecule has 3 heteroatoms. The summed E-state index contributed by atoms with van der Waals surface area (Å²) in [5, 5.41) is 0.450. The van der Waals surface area contributed by atoms with Gasteiger partial charge in [-0.15, -0.1) is 6.58 Å². The first-order chi connectivity index (χ1) is 6.72. The second-order valence-electron chi connectivity index (χ2n) is 3.12. The summed E-state index contributed by atoms with van der Waals surface area (Å²) in [6.07, 6.45) is 3.93.